The predicted octanol–water partition coefficient (Wildman–Crippen LogP) is 5.30. The zero-order valence-corrected chi connectivity index (χ0v) is 19.6. The van der Waals surface area contributed by atoms with Crippen molar-refractivity contribution in [2.75, 3.05) is 6.54 Å². The Morgan fingerprint density at radius 3 is 2.50 bits per heavy atom. The fourth-order valence-corrected chi connectivity index (χ4v) is 5.58. The lowest BCUT2D eigenvalue weighted by atomic mass is 9.93. The molecule has 0 spiro atoms. The molecule has 6 heteroatoms. The van der Waals surface area contributed by atoms with Gasteiger partial charge >= 0.3 is 0 Å². The molecule has 2 aliphatic rings. The SMILES string of the molecule is CC1=C(c2ccc(C#N)c(Cl)c2C)C(=O)N2CC[C@H](O[Si](C)(C)C(C)(C)C)[C@@H]12. The molecule has 3 rings (SSSR count). The maximum absolute atomic E-state index is 13.2. The van der Waals surface area contributed by atoms with Gasteiger partial charge in [-0.25, -0.2) is 0 Å². The normalized spacial score (nSPS) is 22.7. The number of nitriles is 1. The standard InChI is InChI=1S/C22H29ClN2O2Si/c1-13-16(9-8-15(12-24)19(13)23)18-14(2)20-17(10-11-25(20)21(18)26)27-28(6,7)22(3,4)5/h8-9,17,20H,10-11H2,1-7H3/t17-,20+/m0/s1. The van der Waals surface area contributed by atoms with Gasteiger partial charge in [-0.2, -0.15) is 5.26 Å². The van der Waals surface area contributed by atoms with Gasteiger partial charge in [0.1, 0.15) is 6.07 Å². The number of rotatable bonds is 3. The monoisotopic (exact) mass is 416 g/mol. The van der Waals surface area contributed by atoms with Gasteiger partial charge in [-0.1, -0.05) is 38.4 Å². The molecule has 0 aliphatic carbocycles. The Kier molecular flexibility index (Phi) is 5.29. The molecule has 1 amide bonds. The molecular weight excluding hydrogens is 388 g/mol. The number of amides is 1. The molecule has 0 unspecified atom stereocenters. The molecule has 1 aromatic carbocycles. The fourth-order valence-electron chi connectivity index (χ4n) is 4.01. The summed E-state index contributed by atoms with van der Waals surface area (Å²) in [6.07, 6.45) is 0.914. The quantitative estimate of drug-likeness (QED) is 0.628. The molecule has 2 aliphatic heterocycles. The minimum atomic E-state index is -1.93. The summed E-state index contributed by atoms with van der Waals surface area (Å²) in [7, 11) is -1.93. The summed E-state index contributed by atoms with van der Waals surface area (Å²) in [6.45, 7) is 15.9. The molecular formula is C22H29ClN2O2Si. The second-order valence-electron chi connectivity index (χ2n) is 9.42. The Bertz CT molecular complexity index is 908. The van der Waals surface area contributed by atoms with Crippen molar-refractivity contribution in [3.05, 3.63) is 39.4 Å². The number of halogens is 1. The number of hydrogen-bond acceptors (Lipinski definition) is 3. The molecule has 4 nitrogen and oxygen atoms in total. The van der Waals surface area contributed by atoms with Crippen LogP contribution in [0.3, 0.4) is 0 Å². The third kappa shape index (κ3) is 3.22. The largest absolute Gasteiger partial charge is 0.411 e. The molecule has 0 bridgehead atoms. The summed E-state index contributed by atoms with van der Waals surface area (Å²) < 4.78 is 6.71. The van der Waals surface area contributed by atoms with Crippen LogP contribution < -0.4 is 0 Å². The molecule has 0 saturated carbocycles. The smallest absolute Gasteiger partial charge is 0.255 e. The van der Waals surface area contributed by atoms with E-state index < -0.39 is 8.32 Å². The van der Waals surface area contributed by atoms with Crippen molar-refractivity contribution in [3.8, 4) is 6.07 Å². The van der Waals surface area contributed by atoms with Gasteiger partial charge in [0.25, 0.3) is 5.91 Å². The first-order valence-electron chi connectivity index (χ1n) is 9.80. The lowest BCUT2D eigenvalue weighted by Crippen LogP contribution is -2.47. The summed E-state index contributed by atoms with van der Waals surface area (Å²) in [5, 5.41) is 9.76. The number of carbonyl (C=O) groups excluding carboxylic acids is 1. The Hall–Kier alpha value is -1.61. The Morgan fingerprint density at radius 2 is 1.93 bits per heavy atom. The van der Waals surface area contributed by atoms with Crippen molar-refractivity contribution in [1.82, 2.24) is 4.90 Å². The van der Waals surface area contributed by atoms with Crippen LogP contribution in [0.15, 0.2) is 17.7 Å². The van der Waals surface area contributed by atoms with Crippen LogP contribution in [0.2, 0.25) is 23.2 Å². The van der Waals surface area contributed by atoms with E-state index >= 15 is 0 Å². The van der Waals surface area contributed by atoms with Gasteiger partial charge in [-0.15, -0.1) is 0 Å². The number of hydrogen-bond donors (Lipinski definition) is 0. The van der Waals surface area contributed by atoms with Gasteiger partial charge in [-0.05, 0) is 61.2 Å². The molecule has 150 valence electrons. The summed E-state index contributed by atoms with van der Waals surface area (Å²) in [5.74, 6) is 0.0488. The zero-order chi connectivity index (χ0) is 21.0. The van der Waals surface area contributed by atoms with Crippen molar-refractivity contribution in [2.24, 2.45) is 0 Å². The molecule has 2 atom stereocenters. The van der Waals surface area contributed by atoms with Gasteiger partial charge in [-0.3, -0.25) is 4.79 Å². The van der Waals surface area contributed by atoms with Crippen LogP contribution in [0.4, 0.5) is 0 Å². The minimum Gasteiger partial charge on any atom is -0.411 e. The van der Waals surface area contributed by atoms with Crippen molar-refractivity contribution in [1.29, 1.82) is 5.26 Å². The van der Waals surface area contributed by atoms with Crippen LogP contribution in [0.1, 0.15) is 50.8 Å². The van der Waals surface area contributed by atoms with Crippen LogP contribution >= 0.6 is 11.6 Å². The van der Waals surface area contributed by atoms with Crippen LogP contribution in [0, 0.1) is 18.3 Å². The van der Waals surface area contributed by atoms with Gasteiger partial charge in [0.2, 0.25) is 0 Å². The van der Waals surface area contributed by atoms with Gasteiger partial charge in [0.15, 0.2) is 8.32 Å². The van der Waals surface area contributed by atoms with Crippen LogP contribution in [-0.4, -0.2) is 37.8 Å². The fraction of sp³-hybridized carbons (Fsp3) is 0.545. The third-order valence-corrected chi connectivity index (χ3v) is 11.7. The molecule has 0 N–H and O–H groups in total. The van der Waals surface area contributed by atoms with E-state index in [0.29, 0.717) is 17.1 Å². The topological polar surface area (TPSA) is 53.3 Å². The van der Waals surface area contributed by atoms with E-state index in [4.69, 9.17) is 16.0 Å². The number of benzene rings is 1. The Labute approximate surface area is 174 Å². The molecule has 2 heterocycles. The predicted molar refractivity (Wildman–Crippen MR) is 116 cm³/mol. The van der Waals surface area contributed by atoms with E-state index in [9.17, 15) is 10.1 Å². The molecule has 1 saturated heterocycles. The number of carbonyl (C=O) groups is 1. The highest BCUT2D eigenvalue weighted by Crippen LogP contribution is 2.44. The van der Waals surface area contributed by atoms with Crippen molar-refractivity contribution < 1.29 is 9.22 Å². The summed E-state index contributed by atoms with van der Waals surface area (Å²) in [5.41, 5.74) is 3.82. The number of fused-ring (bicyclic) bond motifs is 1. The Balaban J connectivity index is 2.01. The van der Waals surface area contributed by atoms with Crippen molar-refractivity contribution in [2.45, 2.75) is 71.3 Å². The van der Waals surface area contributed by atoms with Gasteiger partial charge < -0.3 is 9.33 Å². The van der Waals surface area contributed by atoms with Crippen molar-refractivity contribution in [3.63, 3.8) is 0 Å². The van der Waals surface area contributed by atoms with E-state index in [1.54, 1.807) is 6.07 Å². The van der Waals surface area contributed by atoms with Crippen LogP contribution in [0.5, 0.6) is 0 Å². The molecule has 1 aromatic rings. The highest BCUT2D eigenvalue weighted by Gasteiger charge is 2.50. The summed E-state index contributed by atoms with van der Waals surface area (Å²) in [4.78, 5) is 15.2. The average molecular weight is 417 g/mol. The van der Waals surface area contributed by atoms with E-state index in [1.807, 2.05) is 24.8 Å². The van der Waals surface area contributed by atoms with E-state index in [2.05, 4.69) is 39.9 Å². The van der Waals surface area contributed by atoms with E-state index in [0.717, 1.165) is 28.7 Å². The maximum Gasteiger partial charge on any atom is 0.255 e. The van der Waals surface area contributed by atoms with E-state index in [1.165, 1.54) is 0 Å². The number of nitrogens with zero attached hydrogens (tertiary/aromatic N) is 2. The third-order valence-electron chi connectivity index (χ3n) is 6.68. The molecule has 1 fully saturated rings. The molecule has 28 heavy (non-hydrogen) atoms. The second kappa shape index (κ2) is 7.02. The molecule has 0 aromatic heterocycles. The van der Waals surface area contributed by atoms with Gasteiger partial charge in [0.05, 0.1) is 22.7 Å². The van der Waals surface area contributed by atoms with Crippen LogP contribution in [-0.2, 0) is 9.22 Å². The first-order valence-corrected chi connectivity index (χ1v) is 13.1. The maximum atomic E-state index is 13.2. The highest BCUT2D eigenvalue weighted by molar-refractivity contribution is 6.74. The first kappa shape index (κ1) is 21.1. The Morgan fingerprint density at radius 1 is 1.29 bits per heavy atom. The first-order chi connectivity index (χ1) is 12.9. The van der Waals surface area contributed by atoms with Gasteiger partial charge in [0, 0.05) is 12.1 Å². The van der Waals surface area contributed by atoms with Crippen molar-refractivity contribution >= 4 is 31.4 Å². The highest BCUT2D eigenvalue weighted by atomic mass is 35.5. The van der Waals surface area contributed by atoms with E-state index in [-0.39, 0.29) is 23.1 Å². The molecule has 0 radical (unpaired) electrons. The summed E-state index contributed by atoms with van der Waals surface area (Å²) >= 11 is 6.37. The lowest BCUT2D eigenvalue weighted by molar-refractivity contribution is -0.124. The summed E-state index contributed by atoms with van der Waals surface area (Å²) in [6, 6.07) is 5.64. The second-order valence-corrected chi connectivity index (χ2v) is 14.6. The zero-order valence-electron chi connectivity index (χ0n) is 17.8. The lowest BCUT2D eigenvalue weighted by Gasteiger charge is -2.39. The van der Waals surface area contributed by atoms with Crippen LogP contribution in [0.25, 0.3) is 5.57 Å². The average Bonchev–Trinajstić information content (AvgIpc) is 3.10. The minimum absolute atomic E-state index is 0.00885.